The molecular weight excluding hydrogens is 512 g/mol. The molecule has 3 rings (SSSR count). The average Bonchev–Trinajstić information content (AvgIpc) is 2.69. The Kier molecular flexibility index (Phi) is 6.66. The minimum atomic E-state index is -4.76. The molecule has 0 aliphatic rings. The third kappa shape index (κ3) is 5.66. The van der Waals surface area contributed by atoms with E-state index < -0.39 is 36.8 Å². The van der Waals surface area contributed by atoms with Gasteiger partial charge < -0.3 is 0 Å². The summed E-state index contributed by atoms with van der Waals surface area (Å²) >= 11 is 11.3. The van der Waals surface area contributed by atoms with Crippen LogP contribution < -0.4 is 9.44 Å². The molecule has 0 amide bonds. The summed E-state index contributed by atoms with van der Waals surface area (Å²) in [5.74, 6) is 0. The highest BCUT2D eigenvalue weighted by atomic mass is 35.5. The SMILES string of the molecule is O=S(=O)(Nc1ccc(S(=O)(=O)Nc2ccc(Cl)c(C(F)(F)F)c2)cc1)c1ccc(Cl)cc1. The lowest BCUT2D eigenvalue weighted by Crippen LogP contribution is -2.15. The third-order valence-electron chi connectivity index (χ3n) is 4.06. The molecule has 0 aliphatic carbocycles. The quantitative estimate of drug-likeness (QED) is 0.438. The van der Waals surface area contributed by atoms with Crippen molar-refractivity contribution in [2.24, 2.45) is 0 Å². The van der Waals surface area contributed by atoms with Gasteiger partial charge in [-0.05, 0) is 66.7 Å². The maximum absolute atomic E-state index is 13.0. The molecule has 0 atom stereocenters. The highest BCUT2D eigenvalue weighted by molar-refractivity contribution is 7.93. The van der Waals surface area contributed by atoms with E-state index in [0.29, 0.717) is 11.1 Å². The molecule has 0 saturated carbocycles. The van der Waals surface area contributed by atoms with Crippen LogP contribution in [0.15, 0.2) is 76.5 Å². The molecule has 0 radical (unpaired) electrons. The lowest BCUT2D eigenvalue weighted by atomic mass is 10.2. The normalized spacial score (nSPS) is 12.4. The average molecular weight is 525 g/mol. The zero-order valence-corrected chi connectivity index (χ0v) is 18.8. The van der Waals surface area contributed by atoms with E-state index in [2.05, 4.69) is 4.72 Å². The van der Waals surface area contributed by atoms with Crippen molar-refractivity contribution in [2.45, 2.75) is 16.0 Å². The molecule has 170 valence electrons. The summed E-state index contributed by atoms with van der Waals surface area (Å²) in [7, 11) is -8.20. The van der Waals surface area contributed by atoms with Crippen molar-refractivity contribution in [3.8, 4) is 0 Å². The second-order valence-corrected chi connectivity index (χ2v) is 10.6. The zero-order valence-electron chi connectivity index (χ0n) is 15.7. The second kappa shape index (κ2) is 8.81. The zero-order chi connectivity index (χ0) is 23.7. The Morgan fingerprint density at radius 2 is 1.09 bits per heavy atom. The topological polar surface area (TPSA) is 92.3 Å². The van der Waals surface area contributed by atoms with Crippen LogP contribution in [0.5, 0.6) is 0 Å². The van der Waals surface area contributed by atoms with E-state index in [9.17, 15) is 30.0 Å². The fourth-order valence-electron chi connectivity index (χ4n) is 2.55. The van der Waals surface area contributed by atoms with Gasteiger partial charge >= 0.3 is 6.18 Å². The Morgan fingerprint density at radius 3 is 1.59 bits per heavy atom. The van der Waals surface area contributed by atoms with Gasteiger partial charge in [0.15, 0.2) is 0 Å². The summed E-state index contributed by atoms with van der Waals surface area (Å²) in [6, 6.07) is 12.6. The number of anilines is 2. The van der Waals surface area contributed by atoms with E-state index in [1.54, 1.807) is 0 Å². The van der Waals surface area contributed by atoms with Gasteiger partial charge in [0.25, 0.3) is 20.0 Å². The van der Waals surface area contributed by atoms with E-state index in [1.165, 1.54) is 36.4 Å². The molecule has 0 aromatic heterocycles. The number of halogens is 5. The van der Waals surface area contributed by atoms with Gasteiger partial charge in [-0.15, -0.1) is 0 Å². The van der Waals surface area contributed by atoms with Crippen molar-refractivity contribution in [1.29, 1.82) is 0 Å². The predicted octanol–water partition coefficient (Wildman–Crippen LogP) is 5.61. The standard InChI is InChI=1S/C19H13Cl2F3N2O4S2/c20-12-1-6-15(7-2-12)31(27,28)25-13-3-8-16(9-4-13)32(29,30)26-14-5-10-18(21)17(11-14)19(22,23)24/h1-11,25-26H. The summed E-state index contributed by atoms with van der Waals surface area (Å²) < 4.78 is 93.1. The highest BCUT2D eigenvalue weighted by Gasteiger charge is 2.33. The van der Waals surface area contributed by atoms with Crippen LogP contribution in [0.1, 0.15) is 5.56 Å². The molecule has 0 bridgehead atoms. The Balaban J connectivity index is 1.80. The highest BCUT2D eigenvalue weighted by Crippen LogP contribution is 2.36. The lowest BCUT2D eigenvalue weighted by Gasteiger charge is -2.13. The van der Waals surface area contributed by atoms with Gasteiger partial charge in [0, 0.05) is 16.4 Å². The molecule has 3 aromatic carbocycles. The lowest BCUT2D eigenvalue weighted by molar-refractivity contribution is -0.137. The van der Waals surface area contributed by atoms with E-state index >= 15 is 0 Å². The molecule has 0 saturated heterocycles. The molecule has 0 aliphatic heterocycles. The maximum Gasteiger partial charge on any atom is 0.417 e. The van der Waals surface area contributed by atoms with Crippen LogP contribution in [0.25, 0.3) is 0 Å². The summed E-state index contributed by atoms with van der Waals surface area (Å²) in [5.41, 5.74) is -1.45. The largest absolute Gasteiger partial charge is 0.417 e. The van der Waals surface area contributed by atoms with Crippen LogP contribution in [-0.4, -0.2) is 16.8 Å². The molecule has 32 heavy (non-hydrogen) atoms. The van der Waals surface area contributed by atoms with E-state index in [4.69, 9.17) is 23.2 Å². The summed E-state index contributed by atoms with van der Waals surface area (Å²) in [6.45, 7) is 0. The summed E-state index contributed by atoms with van der Waals surface area (Å²) in [5, 5.41) is -0.216. The Bertz CT molecular complexity index is 1340. The van der Waals surface area contributed by atoms with Crippen LogP contribution in [0.4, 0.5) is 24.5 Å². The molecule has 2 N–H and O–H groups in total. The van der Waals surface area contributed by atoms with Gasteiger partial charge in [0.1, 0.15) is 0 Å². The molecule has 13 heteroatoms. The minimum Gasteiger partial charge on any atom is -0.280 e. The van der Waals surface area contributed by atoms with Gasteiger partial charge in [-0.25, -0.2) is 16.8 Å². The van der Waals surface area contributed by atoms with Gasteiger partial charge in [0.05, 0.1) is 20.4 Å². The number of hydrogen-bond acceptors (Lipinski definition) is 4. The maximum atomic E-state index is 13.0. The van der Waals surface area contributed by atoms with Crippen molar-refractivity contribution in [2.75, 3.05) is 9.44 Å². The van der Waals surface area contributed by atoms with E-state index in [0.717, 1.165) is 24.3 Å². The first-order valence-corrected chi connectivity index (χ1v) is 12.3. The first kappa shape index (κ1) is 24.2. The van der Waals surface area contributed by atoms with Gasteiger partial charge in [-0.1, -0.05) is 23.2 Å². The van der Waals surface area contributed by atoms with Gasteiger partial charge in [-0.2, -0.15) is 13.2 Å². The Labute approximate surface area is 192 Å². The van der Waals surface area contributed by atoms with Crippen LogP contribution in [0.3, 0.4) is 0 Å². The van der Waals surface area contributed by atoms with Crippen LogP contribution in [-0.2, 0) is 26.2 Å². The number of hydrogen-bond donors (Lipinski definition) is 2. The summed E-state index contributed by atoms with van der Waals surface area (Å²) in [6.07, 6.45) is -4.76. The van der Waals surface area contributed by atoms with Gasteiger partial charge in [-0.3, -0.25) is 9.44 Å². The number of rotatable bonds is 6. The fourth-order valence-corrected chi connectivity index (χ4v) is 5.01. The molecule has 0 spiro atoms. The monoisotopic (exact) mass is 524 g/mol. The van der Waals surface area contributed by atoms with Crippen molar-refractivity contribution in [3.63, 3.8) is 0 Å². The Morgan fingerprint density at radius 1 is 0.656 bits per heavy atom. The molecule has 0 heterocycles. The van der Waals surface area contributed by atoms with E-state index in [1.807, 2.05) is 4.72 Å². The van der Waals surface area contributed by atoms with Crippen LogP contribution in [0.2, 0.25) is 10.0 Å². The predicted molar refractivity (Wildman–Crippen MR) is 116 cm³/mol. The van der Waals surface area contributed by atoms with Crippen molar-refractivity contribution >= 4 is 54.6 Å². The first-order valence-electron chi connectivity index (χ1n) is 8.56. The first-order chi connectivity index (χ1) is 14.8. The molecule has 6 nitrogen and oxygen atoms in total. The molecular formula is C19H13Cl2F3N2O4S2. The molecule has 0 fully saturated rings. The van der Waals surface area contributed by atoms with Crippen LogP contribution >= 0.6 is 23.2 Å². The number of alkyl halides is 3. The minimum absolute atomic E-state index is 0.0523. The van der Waals surface area contributed by atoms with Crippen molar-refractivity contribution in [3.05, 3.63) is 82.3 Å². The van der Waals surface area contributed by atoms with Gasteiger partial charge in [0.2, 0.25) is 0 Å². The molecule has 3 aromatic rings. The fraction of sp³-hybridized carbons (Fsp3) is 0.0526. The summed E-state index contributed by atoms with van der Waals surface area (Å²) in [4.78, 5) is -0.348. The second-order valence-electron chi connectivity index (χ2n) is 6.38. The van der Waals surface area contributed by atoms with Crippen LogP contribution in [0, 0.1) is 0 Å². The van der Waals surface area contributed by atoms with Crippen molar-refractivity contribution < 1.29 is 30.0 Å². The number of nitrogens with one attached hydrogen (secondary N) is 2. The molecule has 0 unspecified atom stereocenters. The third-order valence-corrected chi connectivity index (χ3v) is 7.44. The smallest absolute Gasteiger partial charge is 0.280 e. The number of benzene rings is 3. The van der Waals surface area contributed by atoms with E-state index in [-0.39, 0.29) is 21.2 Å². The number of sulfonamides is 2. The Hall–Kier alpha value is -2.47. The van der Waals surface area contributed by atoms with Crippen molar-refractivity contribution in [1.82, 2.24) is 0 Å².